The molecule has 1 saturated carbocycles. The van der Waals surface area contributed by atoms with Crippen molar-refractivity contribution in [2.45, 2.75) is 31.7 Å². The van der Waals surface area contributed by atoms with Crippen LogP contribution in [0.1, 0.15) is 25.7 Å². The highest BCUT2D eigenvalue weighted by molar-refractivity contribution is 5.99. The Hall–Kier alpha value is -3.55. The summed E-state index contributed by atoms with van der Waals surface area (Å²) in [5, 5.41) is 8.52. The Labute approximate surface area is 171 Å². The van der Waals surface area contributed by atoms with Gasteiger partial charge in [-0.05, 0) is 61.4 Å². The van der Waals surface area contributed by atoms with E-state index >= 15 is 0 Å². The Kier molecular flexibility index (Phi) is 4.54. The predicted octanol–water partition coefficient (Wildman–Crippen LogP) is 4.70. The summed E-state index contributed by atoms with van der Waals surface area (Å²) in [6.07, 6.45) is 4.49. The summed E-state index contributed by atoms with van der Waals surface area (Å²) in [6.45, 7) is 0. The third kappa shape index (κ3) is 3.34. The van der Waals surface area contributed by atoms with Gasteiger partial charge in [0, 0.05) is 11.6 Å². The van der Waals surface area contributed by atoms with Crippen molar-refractivity contribution in [3.63, 3.8) is 0 Å². The highest BCUT2D eigenvalue weighted by atomic mass is 19.1. The van der Waals surface area contributed by atoms with Gasteiger partial charge in [-0.1, -0.05) is 12.8 Å². The highest BCUT2D eigenvalue weighted by Crippen LogP contribution is 2.33. The van der Waals surface area contributed by atoms with Gasteiger partial charge < -0.3 is 11.1 Å². The van der Waals surface area contributed by atoms with Gasteiger partial charge >= 0.3 is 0 Å². The van der Waals surface area contributed by atoms with Crippen molar-refractivity contribution in [2.75, 3.05) is 11.1 Å². The van der Waals surface area contributed by atoms with Gasteiger partial charge in [-0.2, -0.15) is 4.98 Å². The smallest absolute Gasteiger partial charge is 0.225 e. The van der Waals surface area contributed by atoms with Crippen LogP contribution in [0.3, 0.4) is 0 Å². The van der Waals surface area contributed by atoms with Gasteiger partial charge in [-0.25, -0.2) is 18.4 Å². The van der Waals surface area contributed by atoms with E-state index in [-0.39, 0.29) is 11.6 Å². The molecule has 0 bridgehead atoms. The van der Waals surface area contributed by atoms with Crippen LogP contribution in [0.25, 0.3) is 28.0 Å². The molecule has 6 nitrogen and oxygen atoms in total. The zero-order chi connectivity index (χ0) is 20.7. The van der Waals surface area contributed by atoms with Gasteiger partial charge in [0.25, 0.3) is 0 Å². The lowest BCUT2D eigenvalue weighted by Crippen LogP contribution is -2.17. The van der Waals surface area contributed by atoms with Crippen LogP contribution in [0.2, 0.25) is 0 Å². The molecule has 0 radical (unpaired) electrons. The number of benzene rings is 2. The number of nitrogen functional groups attached to an aromatic ring is 1. The van der Waals surface area contributed by atoms with Crippen LogP contribution in [-0.2, 0) is 0 Å². The molecule has 2 aromatic carbocycles. The topological polar surface area (TPSA) is 81.7 Å². The number of rotatable bonds is 4. The first-order chi connectivity index (χ1) is 14.6. The number of halogens is 2. The minimum Gasteiger partial charge on any atom is -0.383 e. The van der Waals surface area contributed by atoms with Gasteiger partial charge in [-0.15, -0.1) is 5.10 Å². The summed E-state index contributed by atoms with van der Waals surface area (Å²) in [4.78, 5) is 9.29. The van der Waals surface area contributed by atoms with Crippen LogP contribution in [-0.4, -0.2) is 25.8 Å². The second-order valence-corrected chi connectivity index (χ2v) is 7.50. The summed E-state index contributed by atoms with van der Waals surface area (Å²) in [7, 11) is 0. The van der Waals surface area contributed by atoms with E-state index in [0.29, 0.717) is 45.8 Å². The normalized spacial score (nSPS) is 14.5. The summed E-state index contributed by atoms with van der Waals surface area (Å²) in [5.74, 6) is 0.132. The average molecular weight is 406 g/mol. The molecular formula is C22H20F2N6. The molecule has 0 unspecified atom stereocenters. The molecule has 5 rings (SSSR count). The van der Waals surface area contributed by atoms with Crippen LogP contribution < -0.4 is 11.1 Å². The lowest BCUT2D eigenvalue weighted by Gasteiger charge is -2.13. The summed E-state index contributed by atoms with van der Waals surface area (Å²) in [6, 6.07) is 12.3. The molecule has 0 atom stereocenters. The van der Waals surface area contributed by atoms with Crippen molar-refractivity contribution in [2.24, 2.45) is 0 Å². The quantitative estimate of drug-likeness (QED) is 0.514. The first-order valence-corrected chi connectivity index (χ1v) is 9.93. The molecule has 4 aromatic rings. The molecule has 152 valence electrons. The number of anilines is 2. The third-order valence-corrected chi connectivity index (χ3v) is 5.45. The lowest BCUT2D eigenvalue weighted by molar-refractivity contribution is 0.627. The van der Waals surface area contributed by atoms with E-state index < -0.39 is 0 Å². The molecule has 2 heterocycles. The zero-order valence-electron chi connectivity index (χ0n) is 16.1. The maximum Gasteiger partial charge on any atom is 0.225 e. The van der Waals surface area contributed by atoms with Crippen LogP contribution in [0, 0.1) is 11.6 Å². The van der Waals surface area contributed by atoms with E-state index in [0.717, 1.165) is 12.8 Å². The second kappa shape index (κ2) is 7.37. The molecule has 1 aliphatic carbocycles. The molecular weight excluding hydrogens is 386 g/mol. The SMILES string of the molecule is Nc1c2c(-c3ccc(F)cc3)nc(NC3CCCC3)nc2nn1-c1ccc(F)cc1. The van der Waals surface area contributed by atoms with E-state index in [4.69, 9.17) is 10.7 Å². The summed E-state index contributed by atoms with van der Waals surface area (Å²) >= 11 is 0. The minimum atomic E-state index is -0.344. The Bertz CT molecular complexity index is 1200. The van der Waals surface area contributed by atoms with Crippen LogP contribution in [0.5, 0.6) is 0 Å². The zero-order valence-corrected chi connectivity index (χ0v) is 16.1. The predicted molar refractivity (Wildman–Crippen MR) is 112 cm³/mol. The fourth-order valence-corrected chi connectivity index (χ4v) is 3.92. The summed E-state index contributed by atoms with van der Waals surface area (Å²) in [5.41, 5.74) is 8.75. The molecule has 30 heavy (non-hydrogen) atoms. The van der Waals surface area contributed by atoms with Gasteiger partial charge in [0.2, 0.25) is 5.95 Å². The first kappa shape index (κ1) is 18.5. The molecule has 0 aliphatic heterocycles. The van der Waals surface area contributed by atoms with E-state index in [9.17, 15) is 8.78 Å². The molecule has 0 spiro atoms. The maximum atomic E-state index is 13.5. The van der Waals surface area contributed by atoms with Crippen molar-refractivity contribution >= 4 is 22.8 Å². The van der Waals surface area contributed by atoms with Gasteiger partial charge in [0.1, 0.15) is 17.5 Å². The Balaban J connectivity index is 1.69. The van der Waals surface area contributed by atoms with E-state index in [2.05, 4.69) is 15.4 Å². The number of aromatic nitrogens is 4. The third-order valence-electron chi connectivity index (χ3n) is 5.45. The molecule has 0 amide bonds. The molecule has 8 heteroatoms. The Morgan fingerprint density at radius 1 is 0.900 bits per heavy atom. The molecule has 3 N–H and O–H groups in total. The van der Waals surface area contributed by atoms with Gasteiger partial charge in [-0.3, -0.25) is 0 Å². The first-order valence-electron chi connectivity index (χ1n) is 9.93. The van der Waals surface area contributed by atoms with Crippen LogP contribution in [0.15, 0.2) is 48.5 Å². The van der Waals surface area contributed by atoms with Gasteiger partial charge in [0.15, 0.2) is 5.65 Å². The molecule has 1 fully saturated rings. The number of hydrogen-bond donors (Lipinski definition) is 2. The molecule has 1 aliphatic rings. The summed E-state index contributed by atoms with van der Waals surface area (Å²) < 4.78 is 28.4. The maximum absolute atomic E-state index is 13.5. The van der Waals surface area contributed by atoms with Gasteiger partial charge in [0.05, 0.1) is 16.8 Å². The number of nitrogens with one attached hydrogen (secondary N) is 1. The number of fused-ring (bicyclic) bond motifs is 1. The van der Waals surface area contributed by atoms with E-state index in [1.807, 2.05) is 0 Å². The number of hydrogen-bond acceptors (Lipinski definition) is 5. The van der Waals surface area contributed by atoms with Crippen molar-refractivity contribution in [1.29, 1.82) is 0 Å². The number of nitrogens with zero attached hydrogens (tertiary/aromatic N) is 4. The van der Waals surface area contributed by atoms with E-state index in [1.54, 1.807) is 24.3 Å². The number of nitrogens with two attached hydrogens (primary N) is 1. The molecule has 2 aromatic heterocycles. The van der Waals surface area contributed by atoms with Crippen LogP contribution >= 0.6 is 0 Å². The van der Waals surface area contributed by atoms with Crippen LogP contribution in [0.4, 0.5) is 20.5 Å². The highest BCUT2D eigenvalue weighted by Gasteiger charge is 2.21. The lowest BCUT2D eigenvalue weighted by atomic mass is 10.1. The van der Waals surface area contributed by atoms with Crippen molar-refractivity contribution in [3.8, 4) is 16.9 Å². The monoisotopic (exact) mass is 406 g/mol. The standard InChI is InChI=1S/C22H20F2N6/c23-14-7-5-13(6-8-14)19-18-20(25)30(17-11-9-15(24)10-12-17)29-21(18)28-22(27-19)26-16-3-1-2-4-16/h5-12,16H,1-4,25H2,(H,26,28,29). The average Bonchev–Trinajstić information content (AvgIpc) is 3.37. The fraction of sp³-hybridized carbons (Fsp3) is 0.227. The van der Waals surface area contributed by atoms with Crippen molar-refractivity contribution < 1.29 is 8.78 Å². The Morgan fingerprint density at radius 2 is 1.53 bits per heavy atom. The van der Waals surface area contributed by atoms with Crippen molar-refractivity contribution in [3.05, 3.63) is 60.2 Å². The second-order valence-electron chi connectivity index (χ2n) is 7.50. The van der Waals surface area contributed by atoms with E-state index in [1.165, 1.54) is 41.8 Å². The largest absolute Gasteiger partial charge is 0.383 e. The molecule has 0 saturated heterocycles. The Morgan fingerprint density at radius 3 is 2.20 bits per heavy atom. The minimum absolute atomic E-state index is 0.319. The fourth-order valence-electron chi connectivity index (χ4n) is 3.92. The van der Waals surface area contributed by atoms with Crippen molar-refractivity contribution in [1.82, 2.24) is 19.7 Å².